The van der Waals surface area contributed by atoms with Gasteiger partial charge in [0.2, 0.25) is 11.8 Å². The molecule has 178 valence electrons. The highest BCUT2D eigenvalue weighted by Crippen LogP contribution is 2.52. The molecule has 3 aromatic rings. The fourth-order valence-corrected chi connectivity index (χ4v) is 6.01. The Labute approximate surface area is 201 Å². The van der Waals surface area contributed by atoms with E-state index >= 15 is 0 Å². The second-order valence-corrected chi connectivity index (χ2v) is 9.62. The Hall–Kier alpha value is -3.78. The van der Waals surface area contributed by atoms with Crippen molar-refractivity contribution in [1.29, 1.82) is 0 Å². The number of fused-ring (bicyclic) bond motifs is 3. The first-order chi connectivity index (χ1) is 17.1. The molecule has 35 heavy (non-hydrogen) atoms. The standard InChI is InChI=1S/C27H25N3O5/c31-25(29-17-5-6-20-22(13-17)34-12-11-33-20)23-21-7-9-27(35-21)15-30(26(32)24(23)27)10-8-16-14-28-19-4-2-1-3-18(16)19/h1-7,9,13-14,21,23-24,28H,8,10-12,15H2,(H,29,31)/t21-,23-,24+,27+/m0/s1. The average Bonchev–Trinajstić information content (AvgIpc) is 3.62. The van der Waals surface area contributed by atoms with Crippen LogP contribution in [0.2, 0.25) is 0 Å². The summed E-state index contributed by atoms with van der Waals surface area (Å²) in [6, 6.07) is 13.5. The molecule has 0 saturated carbocycles. The number of aromatic amines is 1. The molecule has 8 heteroatoms. The van der Waals surface area contributed by atoms with Crippen molar-refractivity contribution < 1.29 is 23.8 Å². The van der Waals surface area contributed by atoms with Crippen LogP contribution in [0.3, 0.4) is 0 Å². The Morgan fingerprint density at radius 2 is 2.00 bits per heavy atom. The van der Waals surface area contributed by atoms with Crippen molar-refractivity contribution in [2.24, 2.45) is 11.8 Å². The van der Waals surface area contributed by atoms with Crippen LogP contribution in [0.4, 0.5) is 5.69 Å². The maximum Gasteiger partial charge on any atom is 0.231 e. The highest BCUT2D eigenvalue weighted by Gasteiger charge is 2.66. The van der Waals surface area contributed by atoms with E-state index in [-0.39, 0.29) is 11.8 Å². The lowest BCUT2D eigenvalue weighted by atomic mass is 9.77. The summed E-state index contributed by atoms with van der Waals surface area (Å²) in [6.45, 7) is 2.03. The van der Waals surface area contributed by atoms with Gasteiger partial charge in [-0.05, 0) is 30.2 Å². The Kier molecular flexibility index (Phi) is 4.48. The van der Waals surface area contributed by atoms with Gasteiger partial charge in [0.05, 0.1) is 24.5 Å². The lowest BCUT2D eigenvalue weighted by molar-refractivity contribution is -0.135. The molecular weight excluding hydrogens is 446 g/mol. The monoisotopic (exact) mass is 471 g/mol. The van der Waals surface area contributed by atoms with E-state index in [1.807, 2.05) is 41.4 Å². The van der Waals surface area contributed by atoms with Gasteiger partial charge in [-0.25, -0.2) is 0 Å². The minimum Gasteiger partial charge on any atom is -0.486 e. The molecule has 0 radical (unpaired) electrons. The number of amides is 2. The van der Waals surface area contributed by atoms with Gasteiger partial charge in [-0.1, -0.05) is 30.4 Å². The Balaban J connectivity index is 1.09. The topological polar surface area (TPSA) is 92.9 Å². The fourth-order valence-electron chi connectivity index (χ4n) is 6.01. The summed E-state index contributed by atoms with van der Waals surface area (Å²) >= 11 is 0. The average molecular weight is 472 g/mol. The SMILES string of the molecule is O=C(Nc1ccc2c(c1)OCCO2)[C@H]1[C@@H]2C=C[C@]3(CN(CCc4c[nH]c5ccccc45)C(=O)[C@@H]13)O2. The molecule has 1 spiro atoms. The summed E-state index contributed by atoms with van der Waals surface area (Å²) in [4.78, 5) is 32.1. The zero-order valence-corrected chi connectivity index (χ0v) is 19.0. The van der Waals surface area contributed by atoms with E-state index < -0.39 is 23.5 Å². The Morgan fingerprint density at radius 1 is 1.14 bits per heavy atom. The number of carbonyl (C=O) groups excluding carboxylic acids is 2. The van der Waals surface area contributed by atoms with Crippen molar-refractivity contribution in [1.82, 2.24) is 9.88 Å². The molecular formula is C27H25N3O5. The van der Waals surface area contributed by atoms with Gasteiger partial charge in [-0.3, -0.25) is 9.59 Å². The molecule has 5 heterocycles. The number of H-pyrrole nitrogens is 1. The smallest absolute Gasteiger partial charge is 0.231 e. The third-order valence-corrected chi connectivity index (χ3v) is 7.62. The van der Waals surface area contributed by atoms with Crippen molar-refractivity contribution in [3.05, 3.63) is 66.4 Å². The van der Waals surface area contributed by atoms with Crippen molar-refractivity contribution >= 4 is 28.4 Å². The minimum atomic E-state index is -0.725. The van der Waals surface area contributed by atoms with E-state index in [2.05, 4.69) is 16.4 Å². The van der Waals surface area contributed by atoms with E-state index in [0.29, 0.717) is 43.5 Å². The predicted octanol–water partition coefficient (Wildman–Crippen LogP) is 2.90. The van der Waals surface area contributed by atoms with Crippen LogP contribution in [-0.2, 0) is 20.7 Å². The van der Waals surface area contributed by atoms with Crippen LogP contribution in [0.5, 0.6) is 11.5 Å². The van der Waals surface area contributed by atoms with Crippen molar-refractivity contribution in [3.63, 3.8) is 0 Å². The number of benzene rings is 2. The van der Waals surface area contributed by atoms with Crippen LogP contribution in [-0.4, -0.2) is 59.7 Å². The summed E-state index contributed by atoms with van der Waals surface area (Å²) in [5.74, 6) is -0.0450. The molecule has 0 aliphatic carbocycles. The number of ether oxygens (including phenoxy) is 3. The molecule has 4 aliphatic rings. The van der Waals surface area contributed by atoms with Crippen LogP contribution in [0.1, 0.15) is 5.56 Å². The van der Waals surface area contributed by atoms with Gasteiger partial charge in [0.15, 0.2) is 11.5 Å². The second kappa shape index (κ2) is 7.61. The van der Waals surface area contributed by atoms with Crippen molar-refractivity contribution in [2.75, 3.05) is 31.6 Å². The van der Waals surface area contributed by atoms with Crippen molar-refractivity contribution in [2.45, 2.75) is 18.1 Å². The number of anilines is 1. The zero-order valence-electron chi connectivity index (χ0n) is 19.0. The maximum atomic E-state index is 13.5. The molecule has 2 fully saturated rings. The third-order valence-electron chi connectivity index (χ3n) is 7.62. The number of nitrogens with one attached hydrogen (secondary N) is 2. The van der Waals surface area contributed by atoms with Crippen LogP contribution >= 0.6 is 0 Å². The molecule has 1 aromatic heterocycles. The van der Waals surface area contributed by atoms with Gasteiger partial charge < -0.3 is 29.4 Å². The summed E-state index contributed by atoms with van der Waals surface area (Å²) < 4.78 is 17.5. The highest BCUT2D eigenvalue weighted by atomic mass is 16.6. The second-order valence-electron chi connectivity index (χ2n) is 9.62. The van der Waals surface area contributed by atoms with Gasteiger partial charge in [-0.2, -0.15) is 0 Å². The molecule has 2 aromatic carbocycles. The minimum absolute atomic E-state index is 0.0148. The first-order valence-electron chi connectivity index (χ1n) is 12.0. The molecule has 2 N–H and O–H groups in total. The number of rotatable bonds is 5. The van der Waals surface area contributed by atoms with Gasteiger partial charge >= 0.3 is 0 Å². The van der Waals surface area contributed by atoms with Gasteiger partial charge in [-0.15, -0.1) is 0 Å². The normalized spacial score (nSPS) is 28.1. The van der Waals surface area contributed by atoms with Crippen LogP contribution < -0.4 is 14.8 Å². The summed E-state index contributed by atoms with van der Waals surface area (Å²) in [5, 5.41) is 4.15. The van der Waals surface area contributed by atoms with Gasteiger partial charge in [0.25, 0.3) is 0 Å². The van der Waals surface area contributed by atoms with E-state index in [4.69, 9.17) is 14.2 Å². The number of hydrogen-bond acceptors (Lipinski definition) is 5. The number of nitrogens with zero attached hydrogens (tertiary/aromatic N) is 1. The maximum absolute atomic E-state index is 13.5. The first kappa shape index (κ1) is 20.6. The number of likely N-dealkylation sites (tertiary alicyclic amines) is 1. The van der Waals surface area contributed by atoms with E-state index in [9.17, 15) is 9.59 Å². The number of para-hydroxylation sites is 1. The Bertz CT molecular complexity index is 1380. The molecule has 2 saturated heterocycles. The van der Waals surface area contributed by atoms with E-state index in [0.717, 1.165) is 11.9 Å². The van der Waals surface area contributed by atoms with Gasteiger partial charge in [0.1, 0.15) is 18.8 Å². The number of aromatic nitrogens is 1. The third kappa shape index (κ3) is 3.16. The molecule has 2 amide bonds. The van der Waals surface area contributed by atoms with Crippen molar-refractivity contribution in [3.8, 4) is 11.5 Å². The summed E-state index contributed by atoms with van der Waals surface area (Å²) in [7, 11) is 0. The van der Waals surface area contributed by atoms with E-state index in [1.165, 1.54) is 10.9 Å². The number of carbonyl (C=O) groups is 2. The lowest BCUT2D eigenvalue weighted by Crippen LogP contribution is -2.41. The molecule has 8 nitrogen and oxygen atoms in total. The largest absolute Gasteiger partial charge is 0.486 e. The summed E-state index contributed by atoms with van der Waals surface area (Å²) in [5.41, 5.74) is 2.15. The summed E-state index contributed by atoms with van der Waals surface area (Å²) in [6.07, 6.45) is 6.27. The van der Waals surface area contributed by atoms with E-state index in [1.54, 1.807) is 18.2 Å². The Morgan fingerprint density at radius 3 is 2.91 bits per heavy atom. The van der Waals surface area contributed by atoms with Crippen LogP contribution in [0.15, 0.2) is 60.8 Å². The molecule has 2 bridgehead atoms. The number of hydrogen-bond donors (Lipinski definition) is 2. The lowest BCUT2D eigenvalue weighted by Gasteiger charge is -2.24. The highest BCUT2D eigenvalue weighted by molar-refractivity contribution is 5.99. The molecule has 4 atom stereocenters. The van der Waals surface area contributed by atoms with Crippen LogP contribution in [0, 0.1) is 11.8 Å². The fraction of sp³-hybridized carbons (Fsp3) is 0.333. The van der Waals surface area contributed by atoms with Gasteiger partial charge in [0, 0.05) is 35.4 Å². The quantitative estimate of drug-likeness (QED) is 0.559. The molecule has 7 rings (SSSR count). The molecule has 0 unspecified atom stereocenters. The van der Waals surface area contributed by atoms with Crippen LogP contribution in [0.25, 0.3) is 10.9 Å². The molecule has 4 aliphatic heterocycles. The predicted molar refractivity (Wildman–Crippen MR) is 128 cm³/mol. The zero-order chi connectivity index (χ0) is 23.6. The first-order valence-corrected chi connectivity index (χ1v) is 12.0.